The first-order valence-electron chi connectivity index (χ1n) is 8.99. The second-order valence-corrected chi connectivity index (χ2v) is 6.77. The third-order valence-electron chi connectivity index (χ3n) is 5.02. The zero-order valence-corrected chi connectivity index (χ0v) is 16.5. The Morgan fingerprint density at radius 2 is 1.88 bits per heavy atom. The molecular weight excluding hydrogens is 359 g/mol. The summed E-state index contributed by atoms with van der Waals surface area (Å²) in [5, 5.41) is 6.55. The number of halogens is 2. The van der Waals surface area contributed by atoms with E-state index in [4.69, 9.17) is 0 Å². The maximum Gasteiger partial charge on any atom is 0.253 e. The number of piperidine rings is 1. The molecule has 3 heterocycles. The van der Waals surface area contributed by atoms with E-state index in [1.165, 1.54) is 25.7 Å². The van der Waals surface area contributed by atoms with Gasteiger partial charge in [-0.15, -0.1) is 24.8 Å². The Balaban J connectivity index is 0.00000156. The first-order valence-corrected chi connectivity index (χ1v) is 8.99. The zero-order valence-electron chi connectivity index (χ0n) is 14.9. The van der Waals surface area contributed by atoms with Crippen LogP contribution in [0.5, 0.6) is 0 Å². The summed E-state index contributed by atoms with van der Waals surface area (Å²) in [6.45, 7) is 5.32. The Labute approximate surface area is 163 Å². The zero-order chi connectivity index (χ0) is 16.1. The number of aromatic nitrogens is 1. The van der Waals surface area contributed by atoms with Gasteiger partial charge in [-0.05, 0) is 51.3 Å². The molecule has 1 amide bonds. The van der Waals surface area contributed by atoms with Gasteiger partial charge in [0, 0.05) is 31.4 Å². The van der Waals surface area contributed by atoms with Crippen LogP contribution in [0.3, 0.4) is 0 Å². The van der Waals surface area contributed by atoms with Crippen LogP contribution in [-0.2, 0) is 0 Å². The summed E-state index contributed by atoms with van der Waals surface area (Å²) < 4.78 is 0. The van der Waals surface area contributed by atoms with Crippen LogP contribution in [0.1, 0.15) is 55.8 Å². The normalized spacial score (nSPS) is 23.6. The molecular formula is C18H30Cl2N4O. The highest BCUT2D eigenvalue weighted by atomic mass is 35.5. The minimum atomic E-state index is -0.0135. The molecule has 2 aliphatic rings. The van der Waals surface area contributed by atoms with Crippen LogP contribution in [0.2, 0.25) is 0 Å². The second kappa shape index (κ2) is 10.8. The lowest BCUT2D eigenvalue weighted by Gasteiger charge is -2.30. The number of rotatable bonds is 3. The maximum absolute atomic E-state index is 12.4. The fourth-order valence-electron chi connectivity index (χ4n) is 3.50. The molecule has 5 nitrogen and oxygen atoms in total. The molecule has 2 atom stereocenters. The minimum Gasteiger partial charge on any atom is -0.357 e. The van der Waals surface area contributed by atoms with E-state index in [0.29, 0.717) is 11.6 Å². The largest absolute Gasteiger partial charge is 0.357 e. The van der Waals surface area contributed by atoms with Crippen LogP contribution >= 0.6 is 24.8 Å². The second-order valence-electron chi connectivity index (χ2n) is 6.77. The molecule has 0 saturated carbocycles. The molecule has 0 spiro atoms. The van der Waals surface area contributed by atoms with Gasteiger partial charge in [-0.2, -0.15) is 0 Å². The first-order chi connectivity index (χ1) is 11.2. The van der Waals surface area contributed by atoms with Crippen molar-refractivity contribution in [3.8, 4) is 0 Å². The highest BCUT2D eigenvalue weighted by Gasteiger charge is 2.23. The van der Waals surface area contributed by atoms with Gasteiger partial charge in [0.05, 0.1) is 5.56 Å². The van der Waals surface area contributed by atoms with Gasteiger partial charge in [-0.3, -0.25) is 4.79 Å². The van der Waals surface area contributed by atoms with Crippen molar-refractivity contribution in [1.29, 1.82) is 0 Å². The predicted molar refractivity (Wildman–Crippen MR) is 107 cm³/mol. The summed E-state index contributed by atoms with van der Waals surface area (Å²) in [5.74, 6) is 0.983. The van der Waals surface area contributed by atoms with Gasteiger partial charge in [-0.25, -0.2) is 4.98 Å². The Hall–Kier alpha value is -1.04. The Bertz CT molecular complexity index is 518. The summed E-state index contributed by atoms with van der Waals surface area (Å²) >= 11 is 0. The Morgan fingerprint density at radius 3 is 2.48 bits per heavy atom. The number of hydrogen-bond donors (Lipinski definition) is 2. The van der Waals surface area contributed by atoms with Crippen LogP contribution in [0, 0.1) is 0 Å². The van der Waals surface area contributed by atoms with Gasteiger partial charge in [-0.1, -0.05) is 12.8 Å². The molecule has 1 aromatic rings. The molecule has 2 N–H and O–H groups in total. The standard InChI is InChI=1S/C18H28N4O.2ClH/c1-14-16(7-6-10-19-14)21-18(23)15-8-9-17(20-13-15)22-11-4-2-3-5-12-22;;/h8-9,13-14,16,19H,2-7,10-12H2,1H3,(H,21,23);2*1H. The lowest BCUT2D eigenvalue weighted by atomic mass is 9.99. The van der Waals surface area contributed by atoms with E-state index >= 15 is 0 Å². The molecule has 142 valence electrons. The number of pyridine rings is 1. The predicted octanol–water partition coefficient (Wildman–Crippen LogP) is 3.18. The van der Waals surface area contributed by atoms with Gasteiger partial charge in [0.15, 0.2) is 0 Å². The summed E-state index contributed by atoms with van der Waals surface area (Å²) in [6, 6.07) is 4.44. The summed E-state index contributed by atoms with van der Waals surface area (Å²) in [6.07, 6.45) is 8.96. The van der Waals surface area contributed by atoms with Crippen molar-refractivity contribution in [3.63, 3.8) is 0 Å². The molecule has 0 aromatic carbocycles. The number of carbonyl (C=O) groups is 1. The highest BCUT2D eigenvalue weighted by Crippen LogP contribution is 2.17. The van der Waals surface area contributed by atoms with Crippen molar-refractivity contribution in [2.45, 2.75) is 57.5 Å². The Morgan fingerprint density at radius 1 is 1.16 bits per heavy atom. The van der Waals surface area contributed by atoms with Crippen molar-refractivity contribution < 1.29 is 4.79 Å². The van der Waals surface area contributed by atoms with Gasteiger partial charge < -0.3 is 15.5 Å². The monoisotopic (exact) mass is 388 g/mol. The van der Waals surface area contributed by atoms with Crippen molar-refractivity contribution in [3.05, 3.63) is 23.9 Å². The van der Waals surface area contributed by atoms with Crippen molar-refractivity contribution >= 4 is 36.5 Å². The van der Waals surface area contributed by atoms with Gasteiger partial charge in [0.1, 0.15) is 5.82 Å². The lowest BCUT2D eigenvalue weighted by Crippen LogP contribution is -2.51. The van der Waals surface area contributed by atoms with E-state index in [0.717, 1.165) is 38.3 Å². The minimum absolute atomic E-state index is 0. The fraction of sp³-hybridized carbons (Fsp3) is 0.667. The summed E-state index contributed by atoms with van der Waals surface area (Å²) in [4.78, 5) is 19.3. The molecule has 7 heteroatoms. The molecule has 2 aliphatic heterocycles. The first kappa shape index (κ1) is 22.0. The topological polar surface area (TPSA) is 57.3 Å². The number of carbonyl (C=O) groups excluding carboxylic acids is 1. The van der Waals surface area contributed by atoms with Crippen LogP contribution in [-0.4, -0.2) is 42.6 Å². The molecule has 0 radical (unpaired) electrons. The van der Waals surface area contributed by atoms with E-state index in [2.05, 4.69) is 27.4 Å². The van der Waals surface area contributed by atoms with Crippen molar-refractivity contribution in [2.75, 3.05) is 24.5 Å². The number of anilines is 1. The van der Waals surface area contributed by atoms with E-state index in [-0.39, 0.29) is 36.8 Å². The number of nitrogens with zero attached hydrogens (tertiary/aromatic N) is 2. The molecule has 0 aliphatic carbocycles. The van der Waals surface area contributed by atoms with E-state index in [1.807, 2.05) is 12.1 Å². The SMILES string of the molecule is CC1NCCCC1NC(=O)c1ccc(N2CCCCCC2)nc1.Cl.Cl. The van der Waals surface area contributed by atoms with Crippen molar-refractivity contribution in [2.24, 2.45) is 0 Å². The third kappa shape index (κ3) is 6.01. The van der Waals surface area contributed by atoms with E-state index in [9.17, 15) is 4.79 Å². The van der Waals surface area contributed by atoms with Gasteiger partial charge >= 0.3 is 0 Å². The molecule has 3 rings (SSSR count). The highest BCUT2D eigenvalue weighted by molar-refractivity contribution is 5.94. The van der Waals surface area contributed by atoms with E-state index < -0.39 is 0 Å². The lowest BCUT2D eigenvalue weighted by molar-refractivity contribution is 0.0919. The number of hydrogen-bond acceptors (Lipinski definition) is 4. The molecule has 2 fully saturated rings. The van der Waals surface area contributed by atoms with Crippen molar-refractivity contribution in [1.82, 2.24) is 15.6 Å². The molecule has 25 heavy (non-hydrogen) atoms. The molecule has 0 bridgehead atoms. The average molecular weight is 389 g/mol. The van der Waals surface area contributed by atoms with Gasteiger partial charge in [0.25, 0.3) is 5.91 Å². The third-order valence-corrected chi connectivity index (χ3v) is 5.02. The maximum atomic E-state index is 12.4. The van der Waals surface area contributed by atoms with Crippen LogP contribution < -0.4 is 15.5 Å². The molecule has 2 saturated heterocycles. The fourth-order valence-corrected chi connectivity index (χ4v) is 3.50. The van der Waals surface area contributed by atoms with Gasteiger partial charge in [0.2, 0.25) is 0 Å². The van der Waals surface area contributed by atoms with Crippen LogP contribution in [0.25, 0.3) is 0 Å². The number of amides is 1. The van der Waals surface area contributed by atoms with Crippen LogP contribution in [0.4, 0.5) is 5.82 Å². The molecule has 1 aromatic heterocycles. The summed E-state index contributed by atoms with van der Waals surface area (Å²) in [7, 11) is 0. The number of nitrogens with one attached hydrogen (secondary N) is 2. The smallest absolute Gasteiger partial charge is 0.253 e. The van der Waals surface area contributed by atoms with E-state index in [1.54, 1.807) is 6.20 Å². The Kier molecular flexibility index (Phi) is 9.54. The van der Waals surface area contributed by atoms with Crippen LogP contribution in [0.15, 0.2) is 18.3 Å². The average Bonchev–Trinajstić information content (AvgIpc) is 2.86. The quantitative estimate of drug-likeness (QED) is 0.834. The summed E-state index contributed by atoms with van der Waals surface area (Å²) in [5.41, 5.74) is 0.654. The molecule has 2 unspecified atom stereocenters.